The van der Waals surface area contributed by atoms with Crippen molar-refractivity contribution in [2.45, 2.75) is 44.6 Å². The topological polar surface area (TPSA) is 49.3 Å². The Kier molecular flexibility index (Phi) is 4.35. The van der Waals surface area contributed by atoms with Gasteiger partial charge < -0.3 is 10.4 Å². The Morgan fingerprint density at radius 3 is 2.32 bits per heavy atom. The van der Waals surface area contributed by atoms with Gasteiger partial charge in [-0.2, -0.15) is 0 Å². The molecule has 1 aromatic carbocycles. The fourth-order valence-corrected chi connectivity index (χ4v) is 2.47. The highest BCUT2D eigenvalue weighted by molar-refractivity contribution is 5.89. The maximum Gasteiger partial charge on any atom is 0.338 e. The molecule has 0 atom stereocenters. The quantitative estimate of drug-likeness (QED) is 0.821. The smallest absolute Gasteiger partial charge is 0.338 e. The summed E-state index contributed by atoms with van der Waals surface area (Å²) in [6.45, 7) is 0. The number of hydrogen-bond donors (Lipinski definition) is 2. The molecule has 0 saturated heterocycles. The molecule has 2 rings (SSSR count). The van der Waals surface area contributed by atoms with E-state index >= 15 is 0 Å². The second kappa shape index (κ2) is 5.99. The second-order valence-electron chi connectivity index (χ2n) is 4.95. The minimum Gasteiger partial charge on any atom is -0.478 e. The Balaban J connectivity index is 2.19. The number of rotatable bonds is 3. The first-order chi connectivity index (χ1) is 9.08. The van der Waals surface area contributed by atoms with E-state index in [4.69, 9.17) is 5.11 Å². The fourth-order valence-electron chi connectivity index (χ4n) is 2.47. The van der Waals surface area contributed by atoms with Crippen molar-refractivity contribution in [1.29, 1.82) is 0 Å². The van der Waals surface area contributed by atoms with Gasteiger partial charge >= 0.3 is 5.97 Å². The van der Waals surface area contributed by atoms with Gasteiger partial charge in [0.2, 0.25) is 0 Å². The third-order valence-electron chi connectivity index (χ3n) is 3.50. The average molecular weight is 269 g/mol. The summed E-state index contributed by atoms with van der Waals surface area (Å²) in [5.41, 5.74) is -0.428. The van der Waals surface area contributed by atoms with Crippen molar-refractivity contribution < 1.29 is 18.7 Å². The summed E-state index contributed by atoms with van der Waals surface area (Å²) < 4.78 is 26.9. The number of benzene rings is 1. The molecule has 0 heterocycles. The van der Waals surface area contributed by atoms with Crippen LogP contribution in [0.1, 0.15) is 48.9 Å². The number of halogens is 2. The number of hydrogen-bond acceptors (Lipinski definition) is 2. The minimum atomic E-state index is -1.39. The number of nitrogens with one attached hydrogen (secondary N) is 1. The number of aromatic carboxylic acids is 1. The van der Waals surface area contributed by atoms with Crippen LogP contribution in [-0.4, -0.2) is 17.1 Å². The normalized spacial score (nSPS) is 16.9. The lowest BCUT2D eigenvalue weighted by molar-refractivity contribution is 0.0692. The van der Waals surface area contributed by atoms with E-state index in [2.05, 4.69) is 5.32 Å². The Hall–Kier alpha value is -1.65. The first kappa shape index (κ1) is 13.8. The molecule has 0 radical (unpaired) electrons. The molecule has 3 nitrogen and oxygen atoms in total. The Morgan fingerprint density at radius 2 is 1.74 bits per heavy atom. The SMILES string of the molecule is O=C(O)c1cc(NC2CCCCCC2)c(F)cc1F. The average Bonchev–Trinajstić information content (AvgIpc) is 2.60. The first-order valence-corrected chi connectivity index (χ1v) is 6.57. The van der Waals surface area contributed by atoms with Gasteiger partial charge in [0.05, 0.1) is 11.3 Å². The lowest BCUT2D eigenvalue weighted by atomic mass is 10.1. The molecule has 0 bridgehead atoms. The maximum absolute atomic E-state index is 13.7. The van der Waals surface area contributed by atoms with Gasteiger partial charge in [0.1, 0.15) is 11.6 Å². The van der Waals surface area contributed by atoms with Crippen LogP contribution in [0, 0.1) is 11.6 Å². The Bertz CT molecular complexity index is 469. The summed E-state index contributed by atoms with van der Waals surface area (Å²) in [4.78, 5) is 10.8. The molecule has 2 N–H and O–H groups in total. The standard InChI is InChI=1S/C14H17F2NO2/c15-11-8-12(16)13(7-10(11)14(18)19)17-9-5-3-1-2-4-6-9/h7-9,17H,1-6H2,(H,18,19). The zero-order valence-electron chi connectivity index (χ0n) is 10.6. The molecule has 1 aromatic rings. The molecule has 5 heteroatoms. The molecular weight excluding hydrogens is 252 g/mol. The summed E-state index contributed by atoms with van der Waals surface area (Å²) in [6.07, 6.45) is 6.35. The van der Waals surface area contributed by atoms with Crippen LogP contribution in [-0.2, 0) is 0 Å². The van der Waals surface area contributed by atoms with E-state index in [1.165, 1.54) is 12.8 Å². The molecule has 0 aromatic heterocycles. The minimum absolute atomic E-state index is 0.0747. The fraction of sp³-hybridized carbons (Fsp3) is 0.500. The summed E-state index contributed by atoms with van der Waals surface area (Å²) in [5, 5.41) is 11.8. The molecule has 0 unspecified atom stereocenters. The lowest BCUT2D eigenvalue weighted by Crippen LogP contribution is -2.19. The van der Waals surface area contributed by atoms with Crippen LogP contribution in [0.25, 0.3) is 0 Å². The highest BCUT2D eigenvalue weighted by atomic mass is 19.1. The van der Waals surface area contributed by atoms with Crippen LogP contribution in [0.3, 0.4) is 0 Å². The molecule has 0 spiro atoms. The van der Waals surface area contributed by atoms with E-state index in [0.29, 0.717) is 6.07 Å². The zero-order chi connectivity index (χ0) is 13.8. The summed E-state index contributed by atoms with van der Waals surface area (Å²) in [6, 6.07) is 1.80. The van der Waals surface area contributed by atoms with Crippen molar-refractivity contribution in [1.82, 2.24) is 0 Å². The molecule has 1 fully saturated rings. The summed E-state index contributed by atoms with van der Waals surface area (Å²) in [7, 11) is 0. The van der Waals surface area contributed by atoms with Crippen molar-refractivity contribution in [3.05, 3.63) is 29.3 Å². The monoisotopic (exact) mass is 269 g/mol. The van der Waals surface area contributed by atoms with Gasteiger partial charge in [-0.3, -0.25) is 0 Å². The van der Waals surface area contributed by atoms with Gasteiger partial charge in [-0.15, -0.1) is 0 Å². The van der Waals surface area contributed by atoms with E-state index in [9.17, 15) is 13.6 Å². The summed E-state index contributed by atoms with van der Waals surface area (Å²) >= 11 is 0. The van der Waals surface area contributed by atoms with Crippen molar-refractivity contribution in [3.63, 3.8) is 0 Å². The van der Waals surface area contributed by atoms with Crippen LogP contribution in [0.4, 0.5) is 14.5 Å². The van der Waals surface area contributed by atoms with Crippen LogP contribution < -0.4 is 5.32 Å². The molecule has 19 heavy (non-hydrogen) atoms. The van der Waals surface area contributed by atoms with E-state index in [1.54, 1.807) is 0 Å². The highest BCUT2D eigenvalue weighted by Gasteiger charge is 2.18. The molecule has 0 aliphatic heterocycles. The van der Waals surface area contributed by atoms with Crippen molar-refractivity contribution in [3.8, 4) is 0 Å². The number of carboxylic acid groups (broad SMARTS) is 1. The molecule has 1 aliphatic carbocycles. The largest absolute Gasteiger partial charge is 0.478 e. The van der Waals surface area contributed by atoms with Gasteiger partial charge in [0, 0.05) is 12.1 Å². The summed E-state index contributed by atoms with van der Waals surface area (Å²) in [5.74, 6) is -3.18. The third-order valence-corrected chi connectivity index (χ3v) is 3.50. The van der Waals surface area contributed by atoms with Gasteiger partial charge in [-0.25, -0.2) is 13.6 Å². The van der Waals surface area contributed by atoms with E-state index in [1.807, 2.05) is 0 Å². The Morgan fingerprint density at radius 1 is 1.11 bits per heavy atom. The van der Waals surface area contributed by atoms with Gasteiger partial charge in [0.15, 0.2) is 0 Å². The third kappa shape index (κ3) is 3.43. The number of carboxylic acids is 1. The van der Waals surface area contributed by atoms with Crippen molar-refractivity contribution in [2.75, 3.05) is 5.32 Å². The first-order valence-electron chi connectivity index (χ1n) is 6.57. The predicted molar refractivity (Wildman–Crippen MR) is 68.4 cm³/mol. The van der Waals surface area contributed by atoms with Crippen molar-refractivity contribution in [2.24, 2.45) is 0 Å². The highest BCUT2D eigenvalue weighted by Crippen LogP contribution is 2.25. The van der Waals surface area contributed by atoms with Crippen LogP contribution in [0.5, 0.6) is 0 Å². The van der Waals surface area contributed by atoms with Crippen LogP contribution in [0.2, 0.25) is 0 Å². The number of anilines is 1. The Labute approximate surface area is 110 Å². The van der Waals surface area contributed by atoms with Gasteiger partial charge in [-0.1, -0.05) is 25.7 Å². The molecular formula is C14H17F2NO2. The number of carbonyl (C=O) groups is 1. The van der Waals surface area contributed by atoms with E-state index in [0.717, 1.165) is 31.7 Å². The molecule has 104 valence electrons. The van der Waals surface area contributed by atoms with Gasteiger partial charge in [0.25, 0.3) is 0 Å². The van der Waals surface area contributed by atoms with Crippen LogP contribution in [0.15, 0.2) is 12.1 Å². The van der Waals surface area contributed by atoms with E-state index in [-0.39, 0.29) is 11.7 Å². The lowest BCUT2D eigenvalue weighted by Gasteiger charge is -2.18. The molecule has 0 amide bonds. The maximum atomic E-state index is 13.7. The van der Waals surface area contributed by atoms with Crippen molar-refractivity contribution >= 4 is 11.7 Å². The molecule has 1 saturated carbocycles. The predicted octanol–water partition coefficient (Wildman–Crippen LogP) is 3.80. The zero-order valence-corrected chi connectivity index (χ0v) is 10.6. The second-order valence-corrected chi connectivity index (χ2v) is 4.95. The van der Waals surface area contributed by atoms with Crippen LogP contribution >= 0.6 is 0 Å². The molecule has 1 aliphatic rings. The van der Waals surface area contributed by atoms with E-state index < -0.39 is 23.2 Å². The van der Waals surface area contributed by atoms with Gasteiger partial charge in [-0.05, 0) is 18.9 Å².